The van der Waals surface area contributed by atoms with Gasteiger partial charge in [-0.1, -0.05) is 0 Å². The van der Waals surface area contributed by atoms with Crippen LogP contribution in [-0.2, 0) is 6.18 Å². The van der Waals surface area contributed by atoms with Crippen LogP contribution in [0.15, 0.2) is 48.0 Å². The minimum absolute atomic E-state index is 0.363. The number of thiazole rings is 1. The van der Waals surface area contributed by atoms with Crippen molar-refractivity contribution in [1.29, 1.82) is 0 Å². The van der Waals surface area contributed by atoms with E-state index in [1.807, 2.05) is 12.1 Å². The average molecular weight is 295 g/mol. The van der Waals surface area contributed by atoms with Crippen molar-refractivity contribution in [2.24, 2.45) is 0 Å². The van der Waals surface area contributed by atoms with E-state index in [9.17, 15) is 13.2 Å². The predicted octanol–water partition coefficient (Wildman–Crippen LogP) is 5.11. The van der Waals surface area contributed by atoms with E-state index in [4.69, 9.17) is 4.74 Å². The van der Waals surface area contributed by atoms with Crippen molar-refractivity contribution in [1.82, 2.24) is 4.98 Å². The highest BCUT2D eigenvalue weighted by Crippen LogP contribution is 2.32. The first-order valence-electron chi connectivity index (χ1n) is 5.71. The van der Waals surface area contributed by atoms with E-state index in [1.54, 1.807) is 11.6 Å². The fourth-order valence-corrected chi connectivity index (χ4v) is 2.45. The van der Waals surface area contributed by atoms with E-state index in [0.717, 1.165) is 22.3 Å². The fraction of sp³-hybridized carbons (Fsp3) is 0.0714. The van der Waals surface area contributed by atoms with Crippen LogP contribution in [0.3, 0.4) is 0 Å². The number of fused-ring (bicyclic) bond motifs is 1. The summed E-state index contributed by atoms with van der Waals surface area (Å²) in [6.45, 7) is 0. The molecule has 0 radical (unpaired) electrons. The van der Waals surface area contributed by atoms with E-state index < -0.39 is 11.7 Å². The second-order valence-corrected chi connectivity index (χ2v) is 4.99. The van der Waals surface area contributed by atoms with Gasteiger partial charge in [-0.3, -0.25) is 0 Å². The summed E-state index contributed by atoms with van der Waals surface area (Å²) in [6, 6.07) is 9.97. The third kappa shape index (κ3) is 2.60. The first kappa shape index (κ1) is 12.9. The van der Waals surface area contributed by atoms with Gasteiger partial charge in [-0.05, 0) is 36.4 Å². The normalized spacial score (nSPS) is 11.8. The highest BCUT2D eigenvalue weighted by molar-refractivity contribution is 7.16. The first-order valence-corrected chi connectivity index (χ1v) is 6.59. The van der Waals surface area contributed by atoms with Crippen LogP contribution in [0.1, 0.15) is 5.56 Å². The zero-order valence-electron chi connectivity index (χ0n) is 10.0. The Bertz CT molecular complexity index is 734. The molecule has 3 aromatic rings. The third-order valence-electron chi connectivity index (χ3n) is 2.72. The molecule has 1 heterocycles. The van der Waals surface area contributed by atoms with E-state index >= 15 is 0 Å². The molecular formula is C14H8F3NOS. The van der Waals surface area contributed by atoms with Crippen LogP contribution in [0.2, 0.25) is 0 Å². The lowest BCUT2D eigenvalue weighted by Crippen LogP contribution is -2.03. The van der Waals surface area contributed by atoms with Crippen molar-refractivity contribution in [2.75, 3.05) is 0 Å². The van der Waals surface area contributed by atoms with Crippen molar-refractivity contribution >= 4 is 21.6 Å². The van der Waals surface area contributed by atoms with Crippen LogP contribution in [0.5, 0.6) is 11.5 Å². The van der Waals surface area contributed by atoms with Crippen LogP contribution in [0.25, 0.3) is 10.2 Å². The van der Waals surface area contributed by atoms with E-state index in [1.165, 1.54) is 23.5 Å². The Hall–Kier alpha value is -2.08. The number of halogens is 3. The van der Waals surface area contributed by atoms with Gasteiger partial charge in [0.1, 0.15) is 11.5 Å². The lowest BCUT2D eigenvalue weighted by Gasteiger charge is -2.08. The number of rotatable bonds is 2. The van der Waals surface area contributed by atoms with Crippen LogP contribution in [0.4, 0.5) is 13.2 Å². The molecule has 0 atom stereocenters. The molecule has 102 valence electrons. The van der Waals surface area contributed by atoms with Crippen molar-refractivity contribution in [2.45, 2.75) is 6.18 Å². The Kier molecular flexibility index (Phi) is 3.10. The van der Waals surface area contributed by atoms with Crippen LogP contribution < -0.4 is 4.74 Å². The van der Waals surface area contributed by atoms with Crippen LogP contribution >= 0.6 is 11.3 Å². The van der Waals surface area contributed by atoms with Crippen molar-refractivity contribution < 1.29 is 17.9 Å². The largest absolute Gasteiger partial charge is 0.457 e. The zero-order valence-corrected chi connectivity index (χ0v) is 10.8. The standard InChI is InChI=1S/C14H8F3NOS/c15-14(16,17)9-1-3-10(4-2-9)19-11-5-6-12-13(7-11)20-8-18-12/h1-8H. The summed E-state index contributed by atoms with van der Waals surface area (Å²) in [7, 11) is 0. The summed E-state index contributed by atoms with van der Waals surface area (Å²) in [4.78, 5) is 4.14. The molecule has 0 amide bonds. The van der Waals surface area contributed by atoms with Gasteiger partial charge in [-0.25, -0.2) is 4.98 Å². The minimum atomic E-state index is -4.33. The molecule has 20 heavy (non-hydrogen) atoms. The Morgan fingerprint density at radius 1 is 0.950 bits per heavy atom. The van der Waals surface area contributed by atoms with E-state index in [0.29, 0.717) is 11.5 Å². The van der Waals surface area contributed by atoms with Crippen molar-refractivity contribution in [3.05, 3.63) is 53.5 Å². The molecule has 0 bridgehead atoms. The Labute approximate surface area is 116 Å². The maximum absolute atomic E-state index is 12.4. The van der Waals surface area contributed by atoms with Gasteiger partial charge in [0.15, 0.2) is 0 Å². The minimum Gasteiger partial charge on any atom is -0.457 e. The molecule has 3 rings (SSSR count). The molecule has 2 nitrogen and oxygen atoms in total. The maximum Gasteiger partial charge on any atom is 0.416 e. The molecule has 0 N–H and O–H groups in total. The molecule has 0 aliphatic carbocycles. The van der Waals surface area contributed by atoms with Gasteiger partial charge in [0.2, 0.25) is 0 Å². The van der Waals surface area contributed by atoms with Crippen LogP contribution in [-0.4, -0.2) is 4.98 Å². The van der Waals surface area contributed by atoms with Gasteiger partial charge in [-0.15, -0.1) is 11.3 Å². The predicted molar refractivity (Wildman–Crippen MR) is 71.1 cm³/mol. The number of hydrogen-bond acceptors (Lipinski definition) is 3. The number of hydrogen-bond donors (Lipinski definition) is 0. The van der Waals surface area contributed by atoms with Gasteiger partial charge in [0, 0.05) is 6.07 Å². The zero-order chi connectivity index (χ0) is 14.2. The van der Waals surface area contributed by atoms with Gasteiger partial charge < -0.3 is 4.74 Å². The molecule has 0 unspecified atom stereocenters. The molecule has 0 fully saturated rings. The topological polar surface area (TPSA) is 22.1 Å². The molecule has 0 saturated heterocycles. The number of alkyl halides is 3. The number of benzene rings is 2. The quantitative estimate of drug-likeness (QED) is 0.655. The monoisotopic (exact) mass is 295 g/mol. The van der Waals surface area contributed by atoms with Gasteiger partial charge >= 0.3 is 6.18 Å². The Morgan fingerprint density at radius 2 is 1.65 bits per heavy atom. The van der Waals surface area contributed by atoms with Gasteiger partial charge in [0.05, 0.1) is 21.3 Å². The first-order chi connectivity index (χ1) is 9.52. The molecule has 0 spiro atoms. The summed E-state index contributed by atoms with van der Waals surface area (Å²) < 4.78 is 43.8. The van der Waals surface area contributed by atoms with Crippen LogP contribution in [0, 0.1) is 0 Å². The molecule has 2 aromatic carbocycles. The Balaban J connectivity index is 1.83. The van der Waals surface area contributed by atoms with E-state index in [-0.39, 0.29) is 0 Å². The molecule has 6 heteroatoms. The van der Waals surface area contributed by atoms with Crippen molar-refractivity contribution in [3.8, 4) is 11.5 Å². The third-order valence-corrected chi connectivity index (χ3v) is 3.51. The second kappa shape index (κ2) is 4.79. The molecule has 0 aliphatic rings. The summed E-state index contributed by atoms with van der Waals surface area (Å²) in [5, 5.41) is 0. The number of aromatic nitrogens is 1. The van der Waals surface area contributed by atoms with Gasteiger partial charge in [0.25, 0.3) is 0 Å². The maximum atomic E-state index is 12.4. The highest BCUT2D eigenvalue weighted by Gasteiger charge is 2.30. The lowest BCUT2D eigenvalue weighted by molar-refractivity contribution is -0.137. The SMILES string of the molecule is FC(F)(F)c1ccc(Oc2ccc3ncsc3c2)cc1. The Morgan fingerprint density at radius 3 is 2.35 bits per heavy atom. The second-order valence-electron chi connectivity index (χ2n) is 4.11. The summed E-state index contributed by atoms with van der Waals surface area (Å²) in [5.41, 5.74) is 1.91. The highest BCUT2D eigenvalue weighted by atomic mass is 32.1. The smallest absolute Gasteiger partial charge is 0.416 e. The average Bonchev–Trinajstić information content (AvgIpc) is 2.86. The van der Waals surface area contributed by atoms with E-state index in [2.05, 4.69) is 4.98 Å². The fourth-order valence-electron chi connectivity index (χ4n) is 1.75. The molecule has 1 aromatic heterocycles. The lowest BCUT2D eigenvalue weighted by atomic mass is 10.2. The van der Waals surface area contributed by atoms with Gasteiger partial charge in [-0.2, -0.15) is 13.2 Å². The van der Waals surface area contributed by atoms with Crippen molar-refractivity contribution in [3.63, 3.8) is 0 Å². The number of ether oxygens (including phenoxy) is 1. The summed E-state index contributed by atoms with van der Waals surface area (Å²) >= 11 is 1.48. The summed E-state index contributed by atoms with van der Waals surface area (Å²) in [6.07, 6.45) is -4.33. The molecular weight excluding hydrogens is 287 g/mol. The molecule has 0 saturated carbocycles. The molecule has 0 aliphatic heterocycles. The number of nitrogens with zero attached hydrogens (tertiary/aromatic N) is 1. The summed E-state index contributed by atoms with van der Waals surface area (Å²) in [5.74, 6) is 0.934.